The number of benzene rings is 2. The molecule has 0 radical (unpaired) electrons. The fourth-order valence-electron chi connectivity index (χ4n) is 2.72. The molecule has 0 aliphatic rings. The number of pyridine rings is 1. The number of halogens is 1. The Hall–Kier alpha value is -4.18. The van der Waals surface area contributed by atoms with Gasteiger partial charge in [-0.3, -0.25) is 14.9 Å². The molecular weight excluding hydrogens is 440 g/mol. The minimum atomic E-state index is -0.940. The molecule has 2 aromatic heterocycles. The molecule has 1 amide bonds. The Bertz CT molecular complexity index is 1290. The number of amides is 1. The van der Waals surface area contributed by atoms with Gasteiger partial charge >= 0.3 is 11.8 Å². The van der Waals surface area contributed by atoms with Gasteiger partial charge in [0.2, 0.25) is 5.82 Å². The first-order chi connectivity index (χ1) is 15.4. The van der Waals surface area contributed by atoms with Gasteiger partial charge in [-0.05, 0) is 49.4 Å². The number of aromatic nitrogens is 2. The molecule has 0 fully saturated rings. The van der Waals surface area contributed by atoms with Crippen LogP contribution in [0.4, 0.5) is 11.5 Å². The third-order valence-electron chi connectivity index (χ3n) is 4.27. The van der Waals surface area contributed by atoms with Gasteiger partial charge < -0.3 is 19.2 Å². The molecule has 1 unspecified atom stereocenters. The largest absolute Gasteiger partial charge is 0.481 e. The van der Waals surface area contributed by atoms with Crippen LogP contribution < -0.4 is 14.8 Å². The molecule has 162 valence electrons. The quantitative estimate of drug-likeness (QED) is 0.305. The molecule has 10 nitrogen and oxygen atoms in total. The van der Waals surface area contributed by atoms with Gasteiger partial charge in [0.05, 0.1) is 4.92 Å². The van der Waals surface area contributed by atoms with Gasteiger partial charge in [0.25, 0.3) is 5.91 Å². The summed E-state index contributed by atoms with van der Waals surface area (Å²) < 4.78 is 16.7. The van der Waals surface area contributed by atoms with Crippen LogP contribution in [0, 0.1) is 10.1 Å². The Kier molecular flexibility index (Phi) is 5.86. The van der Waals surface area contributed by atoms with Crippen LogP contribution >= 0.6 is 11.6 Å². The number of carbonyl (C=O) groups excluding carboxylic acids is 1. The molecule has 1 atom stereocenters. The molecule has 32 heavy (non-hydrogen) atoms. The van der Waals surface area contributed by atoms with Gasteiger partial charge in [0.15, 0.2) is 11.7 Å². The Morgan fingerprint density at radius 3 is 2.69 bits per heavy atom. The maximum Gasteiger partial charge on any atom is 0.400 e. The number of hydrogen-bond donors (Lipinski definition) is 1. The Balaban J connectivity index is 1.38. The van der Waals surface area contributed by atoms with Crippen LogP contribution in [0.1, 0.15) is 6.92 Å². The summed E-state index contributed by atoms with van der Waals surface area (Å²) in [5.41, 5.74) is 0.800. The SMILES string of the molecule is CC(Oc1ccc(Oc2nc3ccc(Cl)cc3o2)cc1)C(=O)Nc1ncccc1[N+](=O)[O-]. The Labute approximate surface area is 185 Å². The van der Waals surface area contributed by atoms with Crippen molar-refractivity contribution in [2.75, 3.05) is 5.32 Å². The number of oxazole rings is 1. The van der Waals surface area contributed by atoms with Crippen molar-refractivity contribution in [2.24, 2.45) is 0 Å². The zero-order chi connectivity index (χ0) is 22.7. The van der Waals surface area contributed by atoms with Gasteiger partial charge in [0.1, 0.15) is 17.0 Å². The number of carbonyl (C=O) groups is 1. The fraction of sp³-hybridized carbons (Fsp3) is 0.0952. The van der Waals surface area contributed by atoms with E-state index in [2.05, 4.69) is 15.3 Å². The lowest BCUT2D eigenvalue weighted by molar-refractivity contribution is -0.384. The second-order valence-corrected chi connectivity index (χ2v) is 6.98. The predicted octanol–water partition coefficient (Wildman–Crippen LogP) is 4.98. The predicted molar refractivity (Wildman–Crippen MR) is 115 cm³/mol. The first-order valence-electron chi connectivity index (χ1n) is 9.30. The van der Waals surface area contributed by atoms with Crippen LogP contribution in [-0.4, -0.2) is 26.9 Å². The van der Waals surface area contributed by atoms with Crippen molar-refractivity contribution in [3.05, 3.63) is 75.9 Å². The summed E-state index contributed by atoms with van der Waals surface area (Å²) in [6.07, 6.45) is 0.462. The van der Waals surface area contributed by atoms with E-state index in [9.17, 15) is 14.9 Å². The van der Waals surface area contributed by atoms with E-state index in [4.69, 9.17) is 25.5 Å². The van der Waals surface area contributed by atoms with Crippen LogP contribution in [0.5, 0.6) is 17.6 Å². The fourth-order valence-corrected chi connectivity index (χ4v) is 2.89. The van der Waals surface area contributed by atoms with Crippen molar-refractivity contribution in [2.45, 2.75) is 13.0 Å². The van der Waals surface area contributed by atoms with E-state index < -0.39 is 16.9 Å². The average Bonchev–Trinajstić information content (AvgIpc) is 3.16. The second kappa shape index (κ2) is 8.90. The van der Waals surface area contributed by atoms with Crippen molar-refractivity contribution < 1.29 is 23.6 Å². The lowest BCUT2D eigenvalue weighted by atomic mass is 10.3. The summed E-state index contributed by atoms with van der Waals surface area (Å²) in [5.74, 6) is 0.0923. The summed E-state index contributed by atoms with van der Waals surface area (Å²) in [7, 11) is 0. The summed E-state index contributed by atoms with van der Waals surface area (Å²) >= 11 is 5.93. The van der Waals surface area contributed by atoms with Crippen molar-refractivity contribution >= 4 is 40.1 Å². The average molecular weight is 455 g/mol. The van der Waals surface area contributed by atoms with Crippen LogP contribution in [0.2, 0.25) is 5.02 Å². The third-order valence-corrected chi connectivity index (χ3v) is 4.50. The third kappa shape index (κ3) is 4.76. The van der Waals surface area contributed by atoms with E-state index in [0.29, 0.717) is 27.6 Å². The molecule has 0 aliphatic heterocycles. The number of ether oxygens (including phenoxy) is 2. The molecule has 2 heterocycles. The number of anilines is 1. The van der Waals surface area contributed by atoms with Crippen molar-refractivity contribution in [3.8, 4) is 17.6 Å². The molecule has 1 N–H and O–H groups in total. The second-order valence-electron chi connectivity index (χ2n) is 6.54. The number of fused-ring (bicyclic) bond motifs is 1. The van der Waals surface area contributed by atoms with E-state index in [0.717, 1.165) is 0 Å². The summed E-state index contributed by atoms with van der Waals surface area (Å²) in [6.45, 7) is 1.51. The monoisotopic (exact) mass is 454 g/mol. The highest BCUT2D eigenvalue weighted by Crippen LogP contribution is 2.28. The first kappa shape index (κ1) is 21.1. The number of nitro groups is 1. The lowest BCUT2D eigenvalue weighted by Gasteiger charge is -2.14. The van der Waals surface area contributed by atoms with Gasteiger partial charge in [-0.15, -0.1) is 0 Å². The number of hydrogen-bond acceptors (Lipinski definition) is 8. The molecule has 4 rings (SSSR count). The van der Waals surface area contributed by atoms with E-state index in [-0.39, 0.29) is 17.6 Å². The van der Waals surface area contributed by atoms with Crippen LogP contribution in [0.25, 0.3) is 11.1 Å². The normalized spacial score (nSPS) is 11.7. The van der Waals surface area contributed by atoms with E-state index in [1.807, 2.05) is 0 Å². The van der Waals surface area contributed by atoms with Gasteiger partial charge in [-0.25, -0.2) is 4.98 Å². The van der Waals surface area contributed by atoms with Crippen molar-refractivity contribution in [3.63, 3.8) is 0 Å². The summed E-state index contributed by atoms with van der Waals surface area (Å²) in [5, 5.41) is 14.0. The Morgan fingerprint density at radius 2 is 1.94 bits per heavy atom. The van der Waals surface area contributed by atoms with Crippen LogP contribution in [0.3, 0.4) is 0 Å². The van der Waals surface area contributed by atoms with E-state index in [1.165, 1.54) is 25.3 Å². The molecule has 2 aromatic carbocycles. The summed E-state index contributed by atoms with van der Waals surface area (Å²) in [6, 6.07) is 14.1. The number of nitrogens with one attached hydrogen (secondary N) is 1. The highest BCUT2D eigenvalue weighted by atomic mass is 35.5. The van der Waals surface area contributed by atoms with E-state index in [1.54, 1.807) is 42.5 Å². The topological polar surface area (TPSA) is 130 Å². The van der Waals surface area contributed by atoms with Crippen molar-refractivity contribution in [1.82, 2.24) is 9.97 Å². The van der Waals surface area contributed by atoms with Gasteiger partial charge in [-0.2, -0.15) is 4.98 Å². The van der Waals surface area contributed by atoms with Crippen LogP contribution in [-0.2, 0) is 4.79 Å². The smallest absolute Gasteiger partial charge is 0.400 e. The molecule has 11 heteroatoms. The summed E-state index contributed by atoms with van der Waals surface area (Å²) in [4.78, 5) is 30.8. The number of nitrogens with zero attached hydrogens (tertiary/aromatic N) is 3. The minimum Gasteiger partial charge on any atom is -0.481 e. The van der Waals surface area contributed by atoms with Crippen molar-refractivity contribution in [1.29, 1.82) is 0 Å². The Morgan fingerprint density at radius 1 is 1.19 bits per heavy atom. The van der Waals surface area contributed by atoms with Gasteiger partial charge in [-0.1, -0.05) is 11.6 Å². The molecule has 0 saturated heterocycles. The molecular formula is C21H15ClN4O6. The molecule has 0 saturated carbocycles. The minimum absolute atomic E-state index is 0.0561. The molecule has 0 spiro atoms. The standard InChI is InChI=1S/C21H15ClN4O6/c1-12(20(27)25-19-17(26(28)29)3-2-10-23-19)30-14-5-7-15(8-6-14)31-21-24-16-9-4-13(22)11-18(16)32-21/h2-12H,1H3,(H,23,25,27). The molecule has 0 aliphatic carbocycles. The first-order valence-corrected chi connectivity index (χ1v) is 9.68. The highest BCUT2D eigenvalue weighted by Gasteiger charge is 2.21. The van der Waals surface area contributed by atoms with E-state index >= 15 is 0 Å². The van der Waals surface area contributed by atoms with Crippen LogP contribution in [0.15, 0.2) is 65.2 Å². The highest BCUT2D eigenvalue weighted by molar-refractivity contribution is 6.31. The maximum atomic E-state index is 12.4. The number of rotatable bonds is 7. The zero-order valence-corrected chi connectivity index (χ0v) is 17.3. The zero-order valence-electron chi connectivity index (χ0n) is 16.5. The molecule has 0 bridgehead atoms. The molecule has 4 aromatic rings. The maximum absolute atomic E-state index is 12.4. The van der Waals surface area contributed by atoms with Gasteiger partial charge in [0, 0.05) is 23.4 Å². The lowest BCUT2D eigenvalue weighted by Crippen LogP contribution is -2.30.